The summed E-state index contributed by atoms with van der Waals surface area (Å²) in [5, 5.41) is 2.91. The molecule has 222 valence electrons. The Hall–Kier alpha value is -3.02. The molecular formula is C24H35N5O8S3. The molecule has 0 fully saturated rings. The van der Waals surface area contributed by atoms with Crippen molar-refractivity contribution in [2.24, 2.45) is 0 Å². The van der Waals surface area contributed by atoms with Gasteiger partial charge in [-0.3, -0.25) is 9.11 Å². The van der Waals surface area contributed by atoms with Crippen LogP contribution in [0.25, 0.3) is 0 Å². The number of benzene rings is 2. The highest BCUT2D eigenvalue weighted by molar-refractivity contribution is 7.88. The molecule has 1 heterocycles. The van der Waals surface area contributed by atoms with Crippen molar-refractivity contribution in [1.82, 2.24) is 19.7 Å². The average molecular weight is 618 g/mol. The molecule has 16 heteroatoms. The van der Waals surface area contributed by atoms with E-state index in [1.807, 2.05) is 27.7 Å². The molecule has 0 saturated heterocycles. The Morgan fingerprint density at radius 2 is 1.32 bits per heavy atom. The molecule has 0 bridgehead atoms. The SMILES string of the molecule is CC.CC.CS(=O)(=O)NCCCc1nc(Cc2cccc(S(=O)(=O)O)c2)nc(Nc2ccc(S(=O)(=O)O)cc2)n1. The number of hydrogen-bond acceptors (Lipinski definition) is 10. The molecule has 2 aromatic carbocycles. The molecule has 3 aromatic rings. The summed E-state index contributed by atoms with van der Waals surface area (Å²) >= 11 is 0. The van der Waals surface area contributed by atoms with E-state index in [9.17, 15) is 29.8 Å². The number of sulfonamides is 1. The van der Waals surface area contributed by atoms with Crippen LogP contribution < -0.4 is 10.0 Å². The van der Waals surface area contributed by atoms with E-state index in [4.69, 9.17) is 4.55 Å². The Balaban J connectivity index is 0.00000191. The first kappa shape index (κ1) is 35.0. The fraction of sp³-hybridized carbons (Fsp3) is 0.375. The second kappa shape index (κ2) is 15.7. The Labute approximate surface area is 236 Å². The Morgan fingerprint density at radius 1 is 0.750 bits per heavy atom. The Kier molecular flexibility index (Phi) is 13.7. The van der Waals surface area contributed by atoms with Gasteiger partial charge in [0, 0.05) is 25.1 Å². The van der Waals surface area contributed by atoms with Gasteiger partial charge in [-0.1, -0.05) is 39.8 Å². The van der Waals surface area contributed by atoms with Gasteiger partial charge in [-0.05, 0) is 48.4 Å². The summed E-state index contributed by atoms with van der Waals surface area (Å²) in [5.41, 5.74) is 0.919. The van der Waals surface area contributed by atoms with E-state index in [1.54, 1.807) is 6.07 Å². The third kappa shape index (κ3) is 12.4. The summed E-state index contributed by atoms with van der Waals surface area (Å²) in [5.74, 6) is 0.704. The highest BCUT2D eigenvalue weighted by Gasteiger charge is 2.13. The lowest BCUT2D eigenvalue weighted by Crippen LogP contribution is -2.23. The monoisotopic (exact) mass is 617 g/mol. The van der Waals surface area contributed by atoms with Crippen LogP contribution in [0.4, 0.5) is 11.6 Å². The van der Waals surface area contributed by atoms with E-state index in [0.29, 0.717) is 29.9 Å². The third-order valence-electron chi connectivity index (χ3n) is 4.64. The molecule has 0 saturated carbocycles. The average Bonchev–Trinajstić information content (AvgIpc) is 2.88. The smallest absolute Gasteiger partial charge is 0.294 e. The Morgan fingerprint density at radius 3 is 1.88 bits per heavy atom. The van der Waals surface area contributed by atoms with Gasteiger partial charge < -0.3 is 5.32 Å². The van der Waals surface area contributed by atoms with Crippen LogP contribution in [0.3, 0.4) is 0 Å². The maximum absolute atomic E-state index is 11.5. The number of nitrogens with zero attached hydrogens (tertiary/aromatic N) is 3. The van der Waals surface area contributed by atoms with Crippen LogP contribution in [-0.2, 0) is 43.1 Å². The molecule has 0 atom stereocenters. The highest BCUT2D eigenvalue weighted by atomic mass is 32.2. The van der Waals surface area contributed by atoms with E-state index in [2.05, 4.69) is 25.0 Å². The number of aryl methyl sites for hydroxylation is 1. The molecule has 0 spiro atoms. The fourth-order valence-electron chi connectivity index (χ4n) is 3.06. The van der Waals surface area contributed by atoms with Gasteiger partial charge in [0.15, 0.2) is 0 Å². The maximum Gasteiger partial charge on any atom is 0.294 e. The third-order valence-corrected chi connectivity index (χ3v) is 7.08. The van der Waals surface area contributed by atoms with Crippen molar-refractivity contribution in [2.75, 3.05) is 18.1 Å². The number of anilines is 2. The molecule has 0 amide bonds. The maximum atomic E-state index is 11.5. The van der Waals surface area contributed by atoms with Crippen molar-refractivity contribution in [1.29, 1.82) is 0 Å². The lowest BCUT2D eigenvalue weighted by atomic mass is 10.1. The lowest BCUT2D eigenvalue weighted by Gasteiger charge is -2.10. The van der Waals surface area contributed by atoms with E-state index < -0.39 is 30.3 Å². The van der Waals surface area contributed by atoms with Crippen LogP contribution in [0.2, 0.25) is 0 Å². The second-order valence-corrected chi connectivity index (χ2v) is 12.4. The number of aromatic nitrogens is 3. The van der Waals surface area contributed by atoms with E-state index in [1.165, 1.54) is 42.5 Å². The molecule has 4 N–H and O–H groups in total. The van der Waals surface area contributed by atoms with Crippen LogP contribution in [0.5, 0.6) is 0 Å². The normalized spacial score (nSPS) is 11.5. The number of hydrogen-bond donors (Lipinski definition) is 4. The molecule has 0 aliphatic heterocycles. The Bertz CT molecular complexity index is 1560. The molecule has 13 nitrogen and oxygen atoms in total. The zero-order valence-corrected chi connectivity index (χ0v) is 25.3. The predicted molar refractivity (Wildman–Crippen MR) is 152 cm³/mol. The first-order valence-corrected chi connectivity index (χ1v) is 17.1. The molecule has 0 unspecified atom stereocenters. The molecule has 3 rings (SSSR count). The van der Waals surface area contributed by atoms with Gasteiger partial charge in [-0.15, -0.1) is 0 Å². The molecule has 40 heavy (non-hydrogen) atoms. The number of rotatable bonds is 11. The molecule has 0 aliphatic rings. The standard InChI is InChI=1S/C20H23N5O8S3.2C2H6/c1-34(26,27)21-11-3-6-18-23-19(13-14-4-2-5-17(12-14)36(31,32)33)25-20(24-18)22-15-7-9-16(10-8-15)35(28,29)30;2*1-2/h2,4-5,7-10,12,21H,3,6,11,13H2,1H3,(H,28,29,30)(H,31,32,33)(H,22,23,24,25);2*1-2H3. The van der Waals surface area contributed by atoms with Crippen LogP contribution in [0.15, 0.2) is 58.3 Å². The predicted octanol–water partition coefficient (Wildman–Crippen LogP) is 3.23. The van der Waals surface area contributed by atoms with Crippen molar-refractivity contribution in [3.05, 3.63) is 65.7 Å². The van der Waals surface area contributed by atoms with Gasteiger partial charge in [0.1, 0.15) is 11.6 Å². The van der Waals surface area contributed by atoms with Crippen LogP contribution in [0.1, 0.15) is 51.3 Å². The largest absolute Gasteiger partial charge is 0.324 e. The van der Waals surface area contributed by atoms with Crippen LogP contribution >= 0.6 is 0 Å². The molecular weight excluding hydrogens is 582 g/mol. The topological polar surface area (TPSA) is 206 Å². The van der Waals surface area contributed by atoms with Crippen molar-refractivity contribution in [3.8, 4) is 0 Å². The van der Waals surface area contributed by atoms with Crippen LogP contribution in [0, 0.1) is 0 Å². The molecule has 0 aliphatic carbocycles. The molecule has 0 radical (unpaired) electrons. The van der Waals surface area contributed by atoms with E-state index >= 15 is 0 Å². The van der Waals surface area contributed by atoms with E-state index in [0.717, 1.165) is 6.26 Å². The van der Waals surface area contributed by atoms with Crippen LogP contribution in [-0.4, -0.2) is 62.1 Å². The lowest BCUT2D eigenvalue weighted by molar-refractivity contribution is 0.481. The van der Waals surface area contributed by atoms with Crippen molar-refractivity contribution >= 4 is 41.9 Å². The summed E-state index contributed by atoms with van der Waals surface area (Å²) in [6.07, 6.45) is 1.82. The van der Waals surface area contributed by atoms with Gasteiger partial charge in [0.05, 0.1) is 16.0 Å². The zero-order chi connectivity index (χ0) is 30.6. The van der Waals surface area contributed by atoms with Crippen molar-refractivity contribution in [2.45, 2.75) is 56.7 Å². The van der Waals surface area contributed by atoms with E-state index in [-0.39, 0.29) is 34.5 Å². The molecule has 1 aromatic heterocycles. The van der Waals surface area contributed by atoms with Gasteiger partial charge in [-0.25, -0.2) is 18.1 Å². The van der Waals surface area contributed by atoms with Gasteiger partial charge in [-0.2, -0.15) is 26.8 Å². The first-order chi connectivity index (χ1) is 18.7. The quantitative estimate of drug-likeness (QED) is 0.181. The first-order valence-electron chi connectivity index (χ1n) is 12.3. The number of nitrogens with one attached hydrogen (secondary N) is 2. The van der Waals surface area contributed by atoms with Gasteiger partial charge in [0.25, 0.3) is 20.2 Å². The minimum absolute atomic E-state index is 0.0941. The highest BCUT2D eigenvalue weighted by Crippen LogP contribution is 2.19. The van der Waals surface area contributed by atoms with Crippen molar-refractivity contribution < 1.29 is 34.4 Å². The summed E-state index contributed by atoms with van der Waals surface area (Å²) < 4.78 is 88.7. The summed E-state index contributed by atoms with van der Waals surface area (Å²) in [6.45, 7) is 8.16. The van der Waals surface area contributed by atoms with Gasteiger partial charge in [0.2, 0.25) is 16.0 Å². The fourth-order valence-corrected chi connectivity index (χ4v) is 4.60. The summed E-state index contributed by atoms with van der Waals surface area (Å²) in [6, 6.07) is 10.8. The van der Waals surface area contributed by atoms with Gasteiger partial charge >= 0.3 is 0 Å². The summed E-state index contributed by atoms with van der Waals surface area (Å²) in [4.78, 5) is 12.5. The second-order valence-electron chi connectivity index (χ2n) is 7.69. The minimum atomic E-state index is -4.40. The van der Waals surface area contributed by atoms with Crippen molar-refractivity contribution in [3.63, 3.8) is 0 Å². The summed E-state index contributed by atoms with van der Waals surface area (Å²) in [7, 11) is -12.1. The minimum Gasteiger partial charge on any atom is -0.324 e. The zero-order valence-electron chi connectivity index (χ0n) is 22.9.